The van der Waals surface area contributed by atoms with E-state index in [1.807, 2.05) is 49.4 Å². The number of rotatable bonds is 9. The Morgan fingerprint density at radius 2 is 1.71 bits per heavy atom. The topological polar surface area (TPSA) is 121 Å². The van der Waals surface area contributed by atoms with E-state index in [2.05, 4.69) is 22.0 Å². The molecule has 1 atom stereocenters. The fraction of sp³-hybridized carbons (Fsp3) is 0.129. The number of fused-ring (bicyclic) bond motifs is 1. The third kappa shape index (κ3) is 6.16. The molecule has 1 aliphatic heterocycles. The molecule has 1 unspecified atom stereocenters. The van der Waals surface area contributed by atoms with Crippen LogP contribution in [0.25, 0.3) is 0 Å². The Labute approximate surface area is 246 Å². The van der Waals surface area contributed by atoms with Crippen molar-refractivity contribution in [1.82, 2.24) is 0 Å². The first-order chi connectivity index (χ1) is 19.8. The van der Waals surface area contributed by atoms with Gasteiger partial charge in [0.1, 0.15) is 34.6 Å². The molecule has 0 fully saturated rings. The third-order valence-electron chi connectivity index (χ3n) is 6.34. The molecule has 0 bridgehead atoms. The molecule has 41 heavy (non-hydrogen) atoms. The van der Waals surface area contributed by atoms with Gasteiger partial charge in [0.05, 0.1) is 12.5 Å². The lowest BCUT2D eigenvalue weighted by Gasteiger charge is -2.27. The number of nitriles is 1. The highest BCUT2D eigenvalue weighted by Crippen LogP contribution is 2.45. The lowest BCUT2D eigenvalue weighted by Crippen LogP contribution is -2.21. The number of allylic oxidation sites excluding steroid dienone is 1. The van der Waals surface area contributed by atoms with Gasteiger partial charge in [-0.15, -0.1) is 0 Å². The van der Waals surface area contributed by atoms with Gasteiger partial charge in [-0.25, -0.2) is 0 Å². The first-order valence-corrected chi connectivity index (χ1v) is 14.8. The van der Waals surface area contributed by atoms with Crippen molar-refractivity contribution in [1.29, 1.82) is 5.26 Å². The summed E-state index contributed by atoms with van der Waals surface area (Å²) in [5, 5.41) is 9.98. The molecule has 0 saturated carbocycles. The molecule has 10 heteroatoms. The highest BCUT2D eigenvalue weighted by molar-refractivity contribution is 9.10. The zero-order chi connectivity index (χ0) is 29.0. The second-order valence-corrected chi connectivity index (χ2v) is 11.5. The fourth-order valence-corrected chi connectivity index (χ4v) is 5.62. The van der Waals surface area contributed by atoms with Crippen LogP contribution in [0.1, 0.15) is 29.5 Å². The van der Waals surface area contributed by atoms with Crippen LogP contribution >= 0.6 is 15.9 Å². The van der Waals surface area contributed by atoms with Gasteiger partial charge in [0.25, 0.3) is 0 Å². The van der Waals surface area contributed by atoms with Crippen molar-refractivity contribution >= 4 is 26.0 Å². The second-order valence-electron chi connectivity index (χ2n) is 9.03. The van der Waals surface area contributed by atoms with Crippen molar-refractivity contribution < 1.29 is 26.8 Å². The quantitative estimate of drug-likeness (QED) is 0.210. The summed E-state index contributed by atoms with van der Waals surface area (Å²) in [5.74, 6) is 0.716. The molecule has 8 nitrogen and oxygen atoms in total. The van der Waals surface area contributed by atoms with E-state index in [-0.39, 0.29) is 27.9 Å². The molecule has 2 N–H and O–H groups in total. The van der Waals surface area contributed by atoms with E-state index in [4.69, 9.17) is 24.1 Å². The van der Waals surface area contributed by atoms with Gasteiger partial charge in [0, 0.05) is 16.1 Å². The van der Waals surface area contributed by atoms with Crippen LogP contribution in [-0.2, 0) is 16.7 Å². The average Bonchev–Trinajstić information content (AvgIpc) is 2.96. The molecule has 1 heterocycles. The van der Waals surface area contributed by atoms with Crippen LogP contribution in [0.5, 0.6) is 23.0 Å². The standard InChI is InChI=1S/C31H25BrN2O6S/c1-2-37-29-16-21(8-15-27(29)38-19-20-6-4-3-5-7-20)30-25-14-11-23(17-28(25)39-31(34)26(30)18-33)40-41(35,36)24-12-9-22(32)10-13-24/h3-17,30H,2,19,34H2,1H3. The highest BCUT2D eigenvalue weighted by atomic mass is 79.9. The predicted octanol–water partition coefficient (Wildman–Crippen LogP) is 6.41. The zero-order valence-electron chi connectivity index (χ0n) is 21.9. The van der Waals surface area contributed by atoms with Crippen molar-refractivity contribution in [2.75, 3.05) is 6.61 Å². The van der Waals surface area contributed by atoms with E-state index < -0.39 is 16.0 Å². The van der Waals surface area contributed by atoms with Crippen molar-refractivity contribution in [3.8, 4) is 29.1 Å². The van der Waals surface area contributed by atoms with Crippen LogP contribution in [0.2, 0.25) is 0 Å². The summed E-state index contributed by atoms with van der Waals surface area (Å²) in [5.41, 5.74) is 8.74. The second kappa shape index (κ2) is 12.0. The van der Waals surface area contributed by atoms with Crippen molar-refractivity contribution in [3.63, 3.8) is 0 Å². The van der Waals surface area contributed by atoms with Gasteiger partial charge in [-0.2, -0.15) is 13.7 Å². The summed E-state index contributed by atoms with van der Waals surface area (Å²) in [6.07, 6.45) is 0. The number of nitrogens with two attached hydrogens (primary N) is 1. The Hall–Kier alpha value is -4.46. The Bertz CT molecular complexity index is 1750. The number of benzene rings is 4. The maximum absolute atomic E-state index is 12.8. The number of ether oxygens (including phenoxy) is 3. The minimum absolute atomic E-state index is 0.00131. The molecule has 0 spiro atoms. The van der Waals surface area contributed by atoms with Crippen LogP contribution in [0, 0.1) is 11.3 Å². The summed E-state index contributed by atoms with van der Waals surface area (Å²) in [7, 11) is -4.10. The lowest BCUT2D eigenvalue weighted by molar-refractivity contribution is 0.269. The Balaban J connectivity index is 1.47. The van der Waals surface area contributed by atoms with Crippen molar-refractivity contribution in [2.24, 2.45) is 5.73 Å². The first-order valence-electron chi connectivity index (χ1n) is 12.6. The lowest BCUT2D eigenvalue weighted by atomic mass is 9.83. The van der Waals surface area contributed by atoms with Crippen LogP contribution in [0.4, 0.5) is 0 Å². The zero-order valence-corrected chi connectivity index (χ0v) is 24.3. The van der Waals surface area contributed by atoms with E-state index in [9.17, 15) is 13.7 Å². The van der Waals surface area contributed by atoms with E-state index in [1.54, 1.807) is 24.3 Å². The number of hydrogen-bond donors (Lipinski definition) is 1. The first kappa shape index (κ1) is 28.1. The van der Waals surface area contributed by atoms with Gasteiger partial charge in [-0.3, -0.25) is 0 Å². The number of nitrogens with zero attached hydrogens (tertiary/aromatic N) is 1. The molecular weight excluding hydrogens is 608 g/mol. The molecule has 4 aromatic carbocycles. The molecule has 0 aliphatic carbocycles. The van der Waals surface area contributed by atoms with E-state index in [0.29, 0.717) is 30.3 Å². The van der Waals surface area contributed by atoms with Crippen LogP contribution in [0.3, 0.4) is 0 Å². The largest absolute Gasteiger partial charge is 0.490 e. The summed E-state index contributed by atoms with van der Waals surface area (Å²) >= 11 is 3.29. The molecule has 208 valence electrons. The van der Waals surface area contributed by atoms with Crippen molar-refractivity contribution in [3.05, 3.63) is 124 Å². The molecule has 0 amide bonds. The minimum Gasteiger partial charge on any atom is -0.490 e. The molecular formula is C31H25BrN2O6S. The van der Waals surface area contributed by atoms with Crippen molar-refractivity contribution in [2.45, 2.75) is 24.3 Å². The summed E-state index contributed by atoms with van der Waals surface area (Å²) in [6, 6.07) is 28.1. The minimum atomic E-state index is -4.10. The Morgan fingerprint density at radius 3 is 2.41 bits per heavy atom. The van der Waals surface area contributed by atoms with E-state index >= 15 is 0 Å². The summed E-state index contributed by atoms with van der Waals surface area (Å²) in [6.45, 7) is 2.65. The monoisotopic (exact) mass is 632 g/mol. The molecule has 1 aliphatic rings. The third-order valence-corrected chi connectivity index (χ3v) is 8.13. The maximum Gasteiger partial charge on any atom is 0.339 e. The van der Waals surface area contributed by atoms with Gasteiger partial charge >= 0.3 is 10.1 Å². The SMILES string of the molecule is CCOc1cc(C2C(C#N)=C(N)Oc3cc(OS(=O)(=O)c4ccc(Br)cc4)ccc32)ccc1OCc1ccccc1. The van der Waals surface area contributed by atoms with Gasteiger partial charge in [-0.1, -0.05) is 58.4 Å². The molecule has 0 aromatic heterocycles. The van der Waals surface area contributed by atoms with Gasteiger partial charge in [0.2, 0.25) is 5.88 Å². The number of halogens is 1. The van der Waals surface area contributed by atoms with E-state index in [0.717, 1.165) is 15.6 Å². The smallest absolute Gasteiger partial charge is 0.339 e. The maximum atomic E-state index is 12.8. The Morgan fingerprint density at radius 1 is 0.951 bits per heavy atom. The highest BCUT2D eigenvalue weighted by Gasteiger charge is 2.32. The fourth-order valence-electron chi connectivity index (χ4n) is 4.43. The molecule has 0 radical (unpaired) electrons. The molecule has 5 rings (SSSR count). The molecule has 4 aromatic rings. The Kier molecular flexibility index (Phi) is 8.19. The van der Waals surface area contributed by atoms with Gasteiger partial charge in [-0.05, 0) is 60.5 Å². The summed E-state index contributed by atoms with van der Waals surface area (Å²) < 4.78 is 49.4. The normalized spacial score (nSPS) is 14.4. The average molecular weight is 634 g/mol. The van der Waals surface area contributed by atoms with Gasteiger partial charge in [0.15, 0.2) is 11.5 Å². The predicted molar refractivity (Wildman–Crippen MR) is 156 cm³/mol. The summed E-state index contributed by atoms with van der Waals surface area (Å²) in [4.78, 5) is 0.00131. The van der Waals surface area contributed by atoms with Crippen LogP contribution in [-0.4, -0.2) is 15.0 Å². The van der Waals surface area contributed by atoms with Crippen LogP contribution < -0.4 is 24.1 Å². The number of hydrogen-bond acceptors (Lipinski definition) is 8. The van der Waals surface area contributed by atoms with Crippen LogP contribution in [0.15, 0.2) is 112 Å². The van der Waals surface area contributed by atoms with Gasteiger partial charge < -0.3 is 24.1 Å². The molecule has 0 saturated heterocycles. The van der Waals surface area contributed by atoms with E-state index in [1.165, 1.54) is 24.3 Å².